The number of likely N-dealkylation sites (N-methyl/N-ethyl adjacent to an activating group) is 1. The average Bonchev–Trinajstić information content (AvgIpc) is 2.33. The molecule has 1 heterocycles. The molecule has 64 valence electrons. The van der Waals surface area contributed by atoms with Gasteiger partial charge in [0.25, 0.3) is 0 Å². The van der Waals surface area contributed by atoms with Gasteiger partial charge in [0, 0.05) is 24.9 Å². The first-order chi connectivity index (χ1) is 5.70. The van der Waals surface area contributed by atoms with Crippen molar-refractivity contribution in [2.75, 3.05) is 13.6 Å². The Morgan fingerprint density at radius 3 is 2.67 bits per heavy atom. The topological polar surface area (TPSA) is 3.24 Å². The molecule has 0 atom stereocenters. The van der Waals surface area contributed by atoms with Crippen LogP contribution in [0.5, 0.6) is 0 Å². The molecular weight excluding hydrogens is 146 g/mol. The standard InChI is InChI=1S/C11H15N/c1-5-7-11-9(3)12(4)8-10(11)6-2/h5-7H,2-3,8H2,1,4H3/b7-5-. The molecule has 0 saturated carbocycles. The largest absolute Gasteiger partial charge is 0.370 e. The summed E-state index contributed by atoms with van der Waals surface area (Å²) in [6.45, 7) is 10.7. The first kappa shape index (κ1) is 8.85. The molecule has 0 unspecified atom stereocenters. The van der Waals surface area contributed by atoms with E-state index in [9.17, 15) is 0 Å². The van der Waals surface area contributed by atoms with Crippen LogP contribution < -0.4 is 0 Å². The highest BCUT2D eigenvalue weighted by molar-refractivity contribution is 5.49. The Labute approximate surface area is 74.4 Å². The van der Waals surface area contributed by atoms with Gasteiger partial charge in [-0.05, 0) is 12.5 Å². The second kappa shape index (κ2) is 3.44. The summed E-state index contributed by atoms with van der Waals surface area (Å²) in [5.74, 6) is 0. The van der Waals surface area contributed by atoms with E-state index in [1.54, 1.807) is 0 Å². The first-order valence-electron chi connectivity index (χ1n) is 4.09. The van der Waals surface area contributed by atoms with E-state index in [4.69, 9.17) is 0 Å². The van der Waals surface area contributed by atoms with Crippen LogP contribution in [0.15, 0.2) is 48.2 Å². The molecule has 0 fully saturated rings. The Hall–Kier alpha value is -1.24. The number of nitrogens with zero attached hydrogens (tertiary/aromatic N) is 1. The Bertz CT molecular complexity index is 269. The van der Waals surface area contributed by atoms with Crippen LogP contribution in [0.3, 0.4) is 0 Å². The second-order valence-electron chi connectivity index (χ2n) is 2.95. The van der Waals surface area contributed by atoms with Gasteiger partial charge in [0.1, 0.15) is 0 Å². The van der Waals surface area contributed by atoms with E-state index in [-0.39, 0.29) is 0 Å². The van der Waals surface area contributed by atoms with E-state index >= 15 is 0 Å². The Kier molecular flexibility index (Phi) is 2.54. The third-order valence-electron chi connectivity index (χ3n) is 2.10. The molecule has 0 bridgehead atoms. The highest BCUT2D eigenvalue weighted by Crippen LogP contribution is 2.26. The van der Waals surface area contributed by atoms with Crippen molar-refractivity contribution in [1.29, 1.82) is 0 Å². The molecule has 0 spiro atoms. The lowest BCUT2D eigenvalue weighted by Crippen LogP contribution is -2.11. The van der Waals surface area contributed by atoms with E-state index in [1.807, 2.05) is 26.1 Å². The molecule has 1 heteroatoms. The van der Waals surface area contributed by atoms with Crippen molar-refractivity contribution in [3.63, 3.8) is 0 Å². The van der Waals surface area contributed by atoms with Gasteiger partial charge in [-0.2, -0.15) is 0 Å². The minimum Gasteiger partial charge on any atom is -0.370 e. The molecule has 0 aliphatic carbocycles. The summed E-state index contributed by atoms with van der Waals surface area (Å²) in [7, 11) is 2.04. The monoisotopic (exact) mass is 161 g/mol. The molecule has 12 heavy (non-hydrogen) atoms. The van der Waals surface area contributed by atoms with Crippen molar-refractivity contribution in [1.82, 2.24) is 4.90 Å². The van der Waals surface area contributed by atoms with E-state index < -0.39 is 0 Å². The Balaban J connectivity index is 3.02. The van der Waals surface area contributed by atoms with Gasteiger partial charge in [0.05, 0.1) is 0 Å². The number of rotatable bonds is 2. The molecule has 1 rings (SSSR count). The Morgan fingerprint density at radius 2 is 2.17 bits per heavy atom. The van der Waals surface area contributed by atoms with Crippen LogP contribution in [-0.2, 0) is 0 Å². The van der Waals surface area contributed by atoms with Gasteiger partial charge < -0.3 is 4.90 Å². The number of hydrogen-bond donors (Lipinski definition) is 0. The lowest BCUT2D eigenvalue weighted by atomic mass is 10.1. The fourth-order valence-electron chi connectivity index (χ4n) is 1.37. The van der Waals surface area contributed by atoms with Crippen molar-refractivity contribution >= 4 is 0 Å². The summed E-state index contributed by atoms with van der Waals surface area (Å²) in [4.78, 5) is 2.13. The summed E-state index contributed by atoms with van der Waals surface area (Å²) in [5, 5.41) is 0. The zero-order valence-corrected chi connectivity index (χ0v) is 7.80. The van der Waals surface area contributed by atoms with Crippen LogP contribution in [0.4, 0.5) is 0 Å². The van der Waals surface area contributed by atoms with Gasteiger partial charge in [0.15, 0.2) is 0 Å². The van der Waals surface area contributed by atoms with Crippen LogP contribution in [0, 0.1) is 0 Å². The molecule has 1 aliphatic heterocycles. The summed E-state index contributed by atoms with van der Waals surface area (Å²) in [6, 6.07) is 0. The lowest BCUT2D eigenvalue weighted by molar-refractivity contribution is 0.495. The molecule has 0 aromatic carbocycles. The normalized spacial score (nSPS) is 18.2. The van der Waals surface area contributed by atoms with Crippen molar-refractivity contribution in [2.45, 2.75) is 6.92 Å². The maximum absolute atomic E-state index is 4.00. The second-order valence-corrected chi connectivity index (χ2v) is 2.95. The van der Waals surface area contributed by atoms with Gasteiger partial charge in [-0.1, -0.05) is 31.4 Å². The maximum atomic E-state index is 4.00. The molecular formula is C11H15N. The molecule has 0 aromatic rings. The van der Waals surface area contributed by atoms with E-state index in [0.717, 1.165) is 12.2 Å². The smallest absolute Gasteiger partial charge is 0.0432 e. The highest BCUT2D eigenvalue weighted by atomic mass is 15.1. The van der Waals surface area contributed by atoms with E-state index in [2.05, 4.69) is 24.1 Å². The molecule has 0 saturated heterocycles. The zero-order valence-electron chi connectivity index (χ0n) is 7.80. The van der Waals surface area contributed by atoms with Crippen molar-refractivity contribution in [3.05, 3.63) is 48.2 Å². The molecule has 1 nitrogen and oxygen atoms in total. The lowest BCUT2D eigenvalue weighted by Gasteiger charge is -2.11. The summed E-state index contributed by atoms with van der Waals surface area (Å²) in [5.41, 5.74) is 3.57. The fourth-order valence-corrected chi connectivity index (χ4v) is 1.37. The third kappa shape index (κ3) is 1.35. The minimum absolute atomic E-state index is 0.933. The van der Waals surface area contributed by atoms with Gasteiger partial charge in [0.2, 0.25) is 0 Å². The minimum atomic E-state index is 0.933. The molecule has 1 aliphatic rings. The third-order valence-corrected chi connectivity index (χ3v) is 2.10. The van der Waals surface area contributed by atoms with Crippen LogP contribution in [0.1, 0.15) is 6.92 Å². The fraction of sp³-hybridized carbons (Fsp3) is 0.273. The van der Waals surface area contributed by atoms with Gasteiger partial charge in [-0.3, -0.25) is 0 Å². The highest BCUT2D eigenvalue weighted by Gasteiger charge is 2.17. The predicted molar refractivity (Wildman–Crippen MR) is 53.8 cm³/mol. The van der Waals surface area contributed by atoms with Gasteiger partial charge >= 0.3 is 0 Å². The average molecular weight is 161 g/mol. The zero-order chi connectivity index (χ0) is 9.14. The SMILES string of the molecule is C=CC1=C(/C=C\C)C(=C)N(C)C1. The molecule has 0 aromatic heterocycles. The van der Waals surface area contributed by atoms with E-state index in [0.29, 0.717) is 0 Å². The molecule has 0 N–H and O–H groups in total. The van der Waals surface area contributed by atoms with Crippen molar-refractivity contribution in [3.8, 4) is 0 Å². The Morgan fingerprint density at radius 1 is 1.50 bits per heavy atom. The van der Waals surface area contributed by atoms with E-state index in [1.165, 1.54) is 11.1 Å². The summed E-state index contributed by atoms with van der Waals surface area (Å²) < 4.78 is 0. The first-order valence-corrected chi connectivity index (χ1v) is 4.09. The van der Waals surface area contributed by atoms with Crippen LogP contribution in [-0.4, -0.2) is 18.5 Å². The maximum Gasteiger partial charge on any atom is 0.0432 e. The van der Waals surface area contributed by atoms with Crippen LogP contribution >= 0.6 is 0 Å². The summed E-state index contributed by atoms with van der Waals surface area (Å²) in [6.07, 6.45) is 6.02. The summed E-state index contributed by atoms with van der Waals surface area (Å²) >= 11 is 0. The van der Waals surface area contributed by atoms with Crippen LogP contribution in [0.2, 0.25) is 0 Å². The van der Waals surface area contributed by atoms with Crippen LogP contribution in [0.25, 0.3) is 0 Å². The molecule has 0 amide bonds. The molecule has 0 radical (unpaired) electrons. The quantitative estimate of drug-likeness (QED) is 0.601. The number of hydrogen-bond acceptors (Lipinski definition) is 1. The predicted octanol–water partition coefficient (Wildman–Crippen LogP) is 2.50. The van der Waals surface area contributed by atoms with Crippen molar-refractivity contribution < 1.29 is 0 Å². The number of allylic oxidation sites excluding steroid dienone is 2. The van der Waals surface area contributed by atoms with Crippen molar-refractivity contribution in [2.24, 2.45) is 0 Å². The van der Waals surface area contributed by atoms with Gasteiger partial charge in [-0.15, -0.1) is 0 Å². The van der Waals surface area contributed by atoms with Gasteiger partial charge in [-0.25, -0.2) is 0 Å².